The van der Waals surface area contributed by atoms with Crippen molar-refractivity contribution in [3.05, 3.63) is 47.8 Å². The van der Waals surface area contributed by atoms with E-state index in [1.165, 1.54) is 0 Å². The molecule has 0 bridgehead atoms. The number of piperidine rings is 2. The quantitative estimate of drug-likeness (QED) is 0.554. The van der Waals surface area contributed by atoms with Gasteiger partial charge in [0.2, 0.25) is 11.8 Å². The van der Waals surface area contributed by atoms with Crippen molar-refractivity contribution in [3.8, 4) is 6.07 Å². The van der Waals surface area contributed by atoms with Crippen LogP contribution in [0.25, 0.3) is 10.9 Å². The number of hydrogen-bond donors (Lipinski definition) is 0. The van der Waals surface area contributed by atoms with Crippen molar-refractivity contribution in [3.63, 3.8) is 0 Å². The Morgan fingerprint density at radius 3 is 2.71 bits per heavy atom. The number of nitrogens with zero attached hydrogens (tertiary/aromatic N) is 6. The van der Waals surface area contributed by atoms with Crippen LogP contribution in [0, 0.1) is 22.7 Å². The lowest BCUT2D eigenvalue weighted by Gasteiger charge is -2.27. The number of benzene rings is 1. The molecule has 2 aliphatic heterocycles. The average Bonchev–Trinajstić information content (AvgIpc) is 3.14. The van der Waals surface area contributed by atoms with Crippen LogP contribution in [0.5, 0.6) is 0 Å². The zero-order valence-electron chi connectivity index (χ0n) is 19.3. The third-order valence-electron chi connectivity index (χ3n) is 8.24. The molecule has 4 heterocycles. The van der Waals surface area contributed by atoms with E-state index < -0.39 is 17.0 Å². The summed E-state index contributed by atoms with van der Waals surface area (Å²) in [7, 11) is 2.09. The van der Waals surface area contributed by atoms with Gasteiger partial charge in [-0.15, -0.1) is 10.2 Å². The molecule has 0 amide bonds. The SMILES string of the molecule is CN1CCC(Cc2nnc([C@]34CN(c5ccc(C#N)c6ncccc56)C[C@@]3(C(F)(F)F)C4)o2)CC1. The van der Waals surface area contributed by atoms with E-state index in [1.54, 1.807) is 35.4 Å². The molecule has 1 aromatic carbocycles. The number of hydrogen-bond acceptors (Lipinski definition) is 7. The molecule has 0 radical (unpaired) electrons. The Hall–Kier alpha value is -3.19. The number of likely N-dealkylation sites (tertiary alicyclic amines) is 1. The van der Waals surface area contributed by atoms with Crippen LogP contribution in [0.2, 0.25) is 0 Å². The topological polar surface area (TPSA) is 82.1 Å². The van der Waals surface area contributed by atoms with E-state index in [-0.39, 0.29) is 25.4 Å². The van der Waals surface area contributed by atoms with Gasteiger partial charge >= 0.3 is 6.18 Å². The number of fused-ring (bicyclic) bond motifs is 2. The second-order valence-electron chi connectivity index (χ2n) is 10.3. The summed E-state index contributed by atoms with van der Waals surface area (Å²) in [6, 6.07) is 8.97. The molecule has 1 aliphatic carbocycles. The summed E-state index contributed by atoms with van der Waals surface area (Å²) in [5, 5.41) is 18.4. The van der Waals surface area contributed by atoms with Gasteiger partial charge in [-0.3, -0.25) is 4.98 Å². The summed E-state index contributed by atoms with van der Waals surface area (Å²) in [4.78, 5) is 8.31. The molecule has 7 nitrogen and oxygen atoms in total. The number of alkyl halides is 3. The molecule has 3 aromatic rings. The highest BCUT2D eigenvalue weighted by Crippen LogP contribution is 2.75. The number of anilines is 1. The Labute approximate surface area is 200 Å². The monoisotopic (exact) mass is 482 g/mol. The standard InChI is InChI=1S/C25H25F3N6O/c1-33-9-6-16(7-10-33)11-20-31-32-22(35-20)23-13-24(23,25(26,27)28)15-34(14-23)19-5-4-17(12-29)21-18(19)3-2-8-30-21/h2-5,8,16H,6-7,9-11,13-15H2,1H3/t23-,24-/m0/s1. The normalized spacial score (nSPS) is 27.2. The van der Waals surface area contributed by atoms with Crippen LogP contribution < -0.4 is 4.90 Å². The lowest BCUT2D eigenvalue weighted by atomic mass is 9.94. The average molecular weight is 483 g/mol. The van der Waals surface area contributed by atoms with Crippen molar-refractivity contribution in [1.82, 2.24) is 20.1 Å². The van der Waals surface area contributed by atoms with Crippen molar-refractivity contribution in [2.45, 2.75) is 37.3 Å². The first-order valence-corrected chi connectivity index (χ1v) is 11.9. The molecule has 182 valence electrons. The van der Waals surface area contributed by atoms with Crippen LogP contribution in [-0.2, 0) is 11.8 Å². The molecule has 3 fully saturated rings. The summed E-state index contributed by atoms with van der Waals surface area (Å²) >= 11 is 0. The van der Waals surface area contributed by atoms with Crippen LogP contribution in [0.3, 0.4) is 0 Å². The van der Waals surface area contributed by atoms with Gasteiger partial charge in [-0.25, -0.2) is 0 Å². The number of pyridine rings is 1. The molecule has 2 saturated heterocycles. The van der Waals surface area contributed by atoms with Crippen LogP contribution in [0.1, 0.15) is 36.6 Å². The number of rotatable bonds is 4. The molecule has 10 heteroatoms. The maximum absolute atomic E-state index is 14.5. The fraction of sp³-hybridized carbons (Fsp3) is 0.520. The highest BCUT2D eigenvalue weighted by molar-refractivity contribution is 5.95. The van der Waals surface area contributed by atoms with E-state index in [2.05, 4.69) is 33.2 Å². The zero-order valence-corrected chi connectivity index (χ0v) is 19.3. The van der Waals surface area contributed by atoms with E-state index in [1.807, 2.05) is 0 Å². The fourth-order valence-electron chi connectivity index (χ4n) is 6.14. The van der Waals surface area contributed by atoms with Crippen molar-refractivity contribution < 1.29 is 17.6 Å². The van der Waals surface area contributed by atoms with Crippen LogP contribution in [-0.4, -0.2) is 59.5 Å². The Bertz CT molecular complexity index is 1320. The molecule has 1 saturated carbocycles. The van der Waals surface area contributed by atoms with Crippen LogP contribution >= 0.6 is 0 Å². The second-order valence-corrected chi connectivity index (χ2v) is 10.3. The molecular formula is C25H25F3N6O. The Morgan fingerprint density at radius 1 is 1.17 bits per heavy atom. The Morgan fingerprint density at radius 2 is 1.97 bits per heavy atom. The van der Waals surface area contributed by atoms with Crippen LogP contribution in [0.15, 0.2) is 34.9 Å². The summed E-state index contributed by atoms with van der Waals surface area (Å²) in [5.74, 6) is 0.927. The van der Waals surface area contributed by atoms with E-state index in [0.717, 1.165) is 25.9 Å². The van der Waals surface area contributed by atoms with Gasteiger partial charge < -0.3 is 14.2 Å². The number of aromatic nitrogens is 3. The van der Waals surface area contributed by atoms with E-state index in [0.29, 0.717) is 40.4 Å². The van der Waals surface area contributed by atoms with E-state index in [9.17, 15) is 18.4 Å². The smallest absolute Gasteiger partial charge is 0.397 e. The lowest BCUT2D eigenvalue weighted by Crippen LogP contribution is -2.34. The molecule has 35 heavy (non-hydrogen) atoms. The van der Waals surface area contributed by atoms with Gasteiger partial charge in [0.25, 0.3) is 0 Å². The third-order valence-corrected chi connectivity index (χ3v) is 8.24. The van der Waals surface area contributed by atoms with Gasteiger partial charge in [-0.05, 0) is 69.6 Å². The van der Waals surface area contributed by atoms with Gasteiger partial charge in [0.05, 0.1) is 16.5 Å². The predicted octanol–water partition coefficient (Wildman–Crippen LogP) is 4.08. The predicted molar refractivity (Wildman–Crippen MR) is 122 cm³/mol. The minimum atomic E-state index is -4.41. The van der Waals surface area contributed by atoms with E-state index in [4.69, 9.17) is 4.42 Å². The largest absolute Gasteiger partial charge is 0.425 e. The summed E-state index contributed by atoms with van der Waals surface area (Å²) in [5.41, 5.74) is -1.68. The second kappa shape index (κ2) is 7.65. The summed E-state index contributed by atoms with van der Waals surface area (Å²) < 4.78 is 49.4. The Kier molecular flexibility index (Phi) is 4.87. The van der Waals surface area contributed by atoms with Crippen molar-refractivity contribution >= 4 is 16.6 Å². The van der Waals surface area contributed by atoms with Gasteiger partial charge in [0.1, 0.15) is 11.5 Å². The first-order valence-electron chi connectivity index (χ1n) is 11.9. The van der Waals surface area contributed by atoms with Gasteiger partial charge in [0.15, 0.2) is 0 Å². The fourth-order valence-corrected chi connectivity index (χ4v) is 6.14. The summed E-state index contributed by atoms with van der Waals surface area (Å²) in [6.45, 7) is 1.92. The minimum Gasteiger partial charge on any atom is -0.425 e. The highest BCUT2D eigenvalue weighted by Gasteiger charge is 2.86. The van der Waals surface area contributed by atoms with E-state index >= 15 is 0 Å². The first kappa shape index (κ1) is 22.3. The molecule has 0 N–H and O–H groups in total. The number of halogens is 3. The minimum absolute atomic E-state index is 0.0533. The zero-order chi connectivity index (χ0) is 24.4. The molecule has 0 spiro atoms. The molecular weight excluding hydrogens is 457 g/mol. The highest BCUT2D eigenvalue weighted by atomic mass is 19.4. The van der Waals surface area contributed by atoms with Gasteiger partial charge in [0, 0.05) is 36.8 Å². The molecule has 2 atom stereocenters. The van der Waals surface area contributed by atoms with Crippen molar-refractivity contribution in [2.75, 3.05) is 38.1 Å². The lowest BCUT2D eigenvalue weighted by molar-refractivity contribution is -0.187. The van der Waals surface area contributed by atoms with Gasteiger partial charge in [-0.2, -0.15) is 18.4 Å². The van der Waals surface area contributed by atoms with Crippen molar-refractivity contribution in [2.24, 2.45) is 11.3 Å². The maximum Gasteiger partial charge on any atom is 0.397 e. The third kappa shape index (κ3) is 3.32. The molecule has 2 aromatic heterocycles. The molecule has 3 aliphatic rings. The maximum atomic E-state index is 14.5. The van der Waals surface area contributed by atoms with Gasteiger partial charge in [-0.1, -0.05) is 0 Å². The molecule has 6 rings (SSSR count). The van der Waals surface area contributed by atoms with Crippen LogP contribution in [0.4, 0.5) is 18.9 Å². The Balaban J connectivity index is 1.33. The first-order chi connectivity index (χ1) is 16.8. The summed E-state index contributed by atoms with van der Waals surface area (Å²) in [6.07, 6.45) is -0.255. The molecule has 0 unspecified atom stereocenters. The number of nitriles is 1. The van der Waals surface area contributed by atoms with Crippen molar-refractivity contribution in [1.29, 1.82) is 5.26 Å².